The van der Waals surface area contributed by atoms with E-state index in [1.165, 1.54) is 0 Å². The van der Waals surface area contributed by atoms with Gasteiger partial charge in [0.15, 0.2) is 5.11 Å². The molecule has 0 radical (unpaired) electrons. The third-order valence-corrected chi connectivity index (χ3v) is 2.88. The molecule has 0 bridgehead atoms. The maximum atomic E-state index is 5.39. The largest absolute Gasteiger partial charge is 0.376 e. The van der Waals surface area contributed by atoms with Crippen LogP contribution < -0.4 is 11.1 Å². The van der Waals surface area contributed by atoms with E-state index in [2.05, 4.69) is 16.8 Å². The van der Waals surface area contributed by atoms with Crippen LogP contribution >= 0.6 is 24.0 Å². The Morgan fingerprint density at radius 1 is 1.92 bits per heavy atom. The fourth-order valence-electron chi connectivity index (χ4n) is 1.11. The van der Waals surface area contributed by atoms with Crippen LogP contribution in [0.1, 0.15) is 0 Å². The average Bonchev–Trinajstić information content (AvgIpc) is 2.37. The second kappa shape index (κ2) is 4.69. The van der Waals surface area contributed by atoms with Crippen molar-refractivity contribution in [3.8, 4) is 0 Å². The molecule has 1 aliphatic heterocycles. The standard InChI is InChI=1S/C7H13N3S2/c1-2-3-10-4-5-12-7(10)9-6(8)11/h2,7H,1,3-5H2,(H3,8,9,11). The smallest absolute Gasteiger partial charge is 0.165 e. The van der Waals surface area contributed by atoms with E-state index >= 15 is 0 Å². The van der Waals surface area contributed by atoms with E-state index in [1.807, 2.05) is 17.8 Å². The topological polar surface area (TPSA) is 41.3 Å². The zero-order valence-corrected chi connectivity index (χ0v) is 8.46. The molecular weight excluding hydrogens is 190 g/mol. The molecule has 0 aliphatic carbocycles. The van der Waals surface area contributed by atoms with Gasteiger partial charge in [-0.2, -0.15) is 0 Å². The Morgan fingerprint density at radius 2 is 2.67 bits per heavy atom. The summed E-state index contributed by atoms with van der Waals surface area (Å²) in [6, 6.07) is 0. The molecule has 12 heavy (non-hydrogen) atoms. The lowest BCUT2D eigenvalue weighted by Crippen LogP contribution is -2.44. The van der Waals surface area contributed by atoms with Crippen LogP contribution in [-0.4, -0.2) is 34.4 Å². The van der Waals surface area contributed by atoms with Gasteiger partial charge in [-0.1, -0.05) is 6.08 Å². The van der Waals surface area contributed by atoms with Crippen LogP contribution in [-0.2, 0) is 0 Å². The second-order valence-corrected chi connectivity index (χ2v) is 4.14. The Morgan fingerprint density at radius 3 is 3.25 bits per heavy atom. The van der Waals surface area contributed by atoms with Crippen molar-refractivity contribution in [3.05, 3.63) is 12.7 Å². The van der Waals surface area contributed by atoms with Gasteiger partial charge in [0.1, 0.15) is 5.50 Å². The number of rotatable bonds is 3. The van der Waals surface area contributed by atoms with Crippen LogP contribution in [0, 0.1) is 0 Å². The monoisotopic (exact) mass is 203 g/mol. The first-order valence-corrected chi connectivity index (χ1v) is 5.22. The van der Waals surface area contributed by atoms with Gasteiger partial charge in [-0.25, -0.2) is 0 Å². The van der Waals surface area contributed by atoms with Gasteiger partial charge in [0.25, 0.3) is 0 Å². The molecule has 1 atom stereocenters. The van der Waals surface area contributed by atoms with E-state index < -0.39 is 0 Å². The third kappa shape index (κ3) is 2.66. The molecular formula is C7H13N3S2. The first-order chi connectivity index (χ1) is 5.74. The Bertz CT molecular complexity index is 183. The Kier molecular flexibility index (Phi) is 3.84. The molecule has 1 saturated heterocycles. The van der Waals surface area contributed by atoms with Gasteiger partial charge in [0.05, 0.1) is 0 Å². The van der Waals surface area contributed by atoms with Crippen molar-refractivity contribution in [2.45, 2.75) is 5.50 Å². The minimum absolute atomic E-state index is 0.237. The molecule has 1 fully saturated rings. The molecule has 0 aromatic rings. The number of nitrogens with one attached hydrogen (secondary N) is 1. The lowest BCUT2D eigenvalue weighted by molar-refractivity contribution is 0.306. The van der Waals surface area contributed by atoms with Crippen molar-refractivity contribution in [2.24, 2.45) is 5.73 Å². The average molecular weight is 203 g/mol. The Labute approximate surface area is 82.4 Å². The highest BCUT2D eigenvalue weighted by Gasteiger charge is 2.23. The molecule has 0 saturated carbocycles. The van der Waals surface area contributed by atoms with E-state index in [9.17, 15) is 0 Å². The molecule has 0 amide bonds. The van der Waals surface area contributed by atoms with Gasteiger partial charge in [0.2, 0.25) is 0 Å². The summed E-state index contributed by atoms with van der Waals surface area (Å²) in [5.74, 6) is 1.12. The Hall–Kier alpha value is -0.260. The molecule has 5 heteroatoms. The van der Waals surface area contributed by atoms with Crippen LogP contribution in [0.5, 0.6) is 0 Å². The second-order valence-electron chi connectivity index (χ2n) is 2.52. The zero-order valence-electron chi connectivity index (χ0n) is 6.82. The first-order valence-electron chi connectivity index (χ1n) is 3.76. The summed E-state index contributed by atoms with van der Waals surface area (Å²) in [5, 5.41) is 3.39. The fraction of sp³-hybridized carbons (Fsp3) is 0.571. The van der Waals surface area contributed by atoms with E-state index in [0.29, 0.717) is 5.11 Å². The lowest BCUT2D eigenvalue weighted by Gasteiger charge is -2.22. The number of thioether (sulfide) groups is 1. The summed E-state index contributed by atoms with van der Waals surface area (Å²) in [6.07, 6.45) is 1.89. The molecule has 0 aromatic heterocycles. The minimum atomic E-state index is 0.237. The summed E-state index contributed by atoms with van der Waals surface area (Å²) in [5.41, 5.74) is 5.62. The summed E-state index contributed by atoms with van der Waals surface area (Å²) in [4.78, 5) is 2.25. The number of thiocarbonyl (C=S) groups is 1. The third-order valence-electron chi connectivity index (χ3n) is 1.62. The lowest BCUT2D eigenvalue weighted by atomic mass is 10.5. The van der Waals surface area contributed by atoms with Crippen LogP contribution in [0.3, 0.4) is 0 Å². The van der Waals surface area contributed by atoms with Gasteiger partial charge in [-0.3, -0.25) is 4.90 Å². The molecule has 68 valence electrons. The van der Waals surface area contributed by atoms with Crippen molar-refractivity contribution in [1.29, 1.82) is 0 Å². The van der Waals surface area contributed by atoms with Crippen molar-refractivity contribution < 1.29 is 0 Å². The number of nitrogens with two attached hydrogens (primary N) is 1. The highest BCUT2D eigenvalue weighted by molar-refractivity contribution is 8.00. The fourth-order valence-corrected chi connectivity index (χ4v) is 2.47. The van der Waals surface area contributed by atoms with Gasteiger partial charge in [-0.15, -0.1) is 18.3 Å². The molecule has 1 heterocycles. The summed E-state index contributed by atoms with van der Waals surface area (Å²) in [7, 11) is 0. The van der Waals surface area contributed by atoms with Crippen molar-refractivity contribution in [2.75, 3.05) is 18.8 Å². The van der Waals surface area contributed by atoms with Gasteiger partial charge < -0.3 is 11.1 Å². The quantitative estimate of drug-likeness (QED) is 0.511. The number of nitrogens with zero attached hydrogens (tertiary/aromatic N) is 1. The molecule has 0 aromatic carbocycles. The van der Waals surface area contributed by atoms with E-state index in [4.69, 9.17) is 18.0 Å². The molecule has 3 nitrogen and oxygen atoms in total. The van der Waals surface area contributed by atoms with Gasteiger partial charge in [-0.05, 0) is 12.2 Å². The summed E-state index contributed by atoms with van der Waals surface area (Å²) >= 11 is 6.59. The molecule has 0 spiro atoms. The predicted octanol–water partition coefficient (Wildman–Crippen LogP) is 0.338. The van der Waals surface area contributed by atoms with Gasteiger partial charge >= 0.3 is 0 Å². The van der Waals surface area contributed by atoms with Crippen molar-refractivity contribution in [1.82, 2.24) is 10.2 Å². The van der Waals surface area contributed by atoms with Crippen LogP contribution in [0.4, 0.5) is 0 Å². The van der Waals surface area contributed by atoms with Crippen LogP contribution in [0.2, 0.25) is 0 Å². The molecule has 1 aliphatic rings. The van der Waals surface area contributed by atoms with Gasteiger partial charge in [0, 0.05) is 18.8 Å². The number of hydrogen-bond acceptors (Lipinski definition) is 3. The first kappa shape index (κ1) is 9.83. The Balaban J connectivity index is 2.40. The van der Waals surface area contributed by atoms with Crippen molar-refractivity contribution >= 4 is 29.1 Å². The van der Waals surface area contributed by atoms with E-state index in [1.54, 1.807) is 0 Å². The predicted molar refractivity (Wildman–Crippen MR) is 57.9 cm³/mol. The SMILES string of the molecule is C=CCN1CCSC1NC(N)=S. The minimum Gasteiger partial charge on any atom is -0.376 e. The maximum absolute atomic E-state index is 5.39. The van der Waals surface area contributed by atoms with E-state index in [0.717, 1.165) is 18.8 Å². The maximum Gasteiger partial charge on any atom is 0.165 e. The molecule has 1 unspecified atom stereocenters. The highest BCUT2D eigenvalue weighted by atomic mass is 32.2. The zero-order chi connectivity index (χ0) is 8.97. The van der Waals surface area contributed by atoms with E-state index in [-0.39, 0.29) is 5.50 Å². The summed E-state index contributed by atoms with van der Waals surface area (Å²) in [6.45, 7) is 5.64. The number of hydrogen-bond donors (Lipinski definition) is 2. The van der Waals surface area contributed by atoms with Crippen LogP contribution in [0.25, 0.3) is 0 Å². The normalized spacial score (nSPS) is 23.8. The van der Waals surface area contributed by atoms with Crippen LogP contribution in [0.15, 0.2) is 12.7 Å². The highest BCUT2D eigenvalue weighted by Crippen LogP contribution is 2.20. The van der Waals surface area contributed by atoms with Crippen molar-refractivity contribution in [3.63, 3.8) is 0 Å². The summed E-state index contributed by atoms with van der Waals surface area (Å²) < 4.78 is 0. The molecule has 3 N–H and O–H groups in total. The molecule has 1 rings (SSSR count).